The number of amides is 1. The van der Waals surface area contributed by atoms with Crippen molar-refractivity contribution in [3.8, 4) is 0 Å². The zero-order valence-electron chi connectivity index (χ0n) is 20.2. The number of hydrogen-bond donors (Lipinski definition) is 3. The first-order valence-corrected chi connectivity index (χ1v) is 11.7. The van der Waals surface area contributed by atoms with Gasteiger partial charge in [0.15, 0.2) is 0 Å². The molecule has 2 saturated heterocycles. The van der Waals surface area contributed by atoms with Gasteiger partial charge in [-0.2, -0.15) is 26.3 Å². The number of hydrogen-bond acceptors (Lipinski definition) is 6. The van der Waals surface area contributed by atoms with Crippen molar-refractivity contribution < 1.29 is 55.7 Å². The molecule has 3 fully saturated rings. The molecule has 1 saturated carbocycles. The Balaban J connectivity index is 0.000000301. The van der Waals surface area contributed by atoms with Crippen LogP contribution in [0.4, 0.5) is 26.3 Å². The molecule has 4 rings (SSSR count). The molecule has 3 heterocycles. The second kappa shape index (κ2) is 13.7. The van der Waals surface area contributed by atoms with E-state index in [4.69, 9.17) is 24.5 Å². The third-order valence-corrected chi connectivity index (χ3v) is 6.17. The fraction of sp³-hybridized carbons (Fsp3) is 0.652. The van der Waals surface area contributed by atoms with Crippen molar-refractivity contribution in [3.05, 3.63) is 30.1 Å². The maximum absolute atomic E-state index is 12.2. The minimum absolute atomic E-state index is 0.208. The average Bonchev–Trinajstić information content (AvgIpc) is 3.56. The number of halogens is 6. The van der Waals surface area contributed by atoms with Crippen LogP contribution in [0.5, 0.6) is 0 Å². The van der Waals surface area contributed by atoms with Crippen LogP contribution >= 0.6 is 0 Å². The van der Waals surface area contributed by atoms with E-state index in [1.54, 1.807) is 0 Å². The van der Waals surface area contributed by atoms with Crippen molar-refractivity contribution in [1.82, 2.24) is 15.2 Å². The molecule has 1 amide bonds. The Hall–Kier alpha value is -2.94. The Morgan fingerprint density at radius 3 is 2.11 bits per heavy atom. The lowest BCUT2D eigenvalue weighted by Crippen LogP contribution is -2.38. The van der Waals surface area contributed by atoms with E-state index >= 15 is 0 Å². The van der Waals surface area contributed by atoms with Gasteiger partial charge in [-0.25, -0.2) is 9.59 Å². The third-order valence-electron chi connectivity index (χ3n) is 6.17. The van der Waals surface area contributed by atoms with Crippen molar-refractivity contribution in [2.75, 3.05) is 32.8 Å². The van der Waals surface area contributed by atoms with E-state index in [2.05, 4.69) is 21.3 Å². The van der Waals surface area contributed by atoms with Gasteiger partial charge in [0, 0.05) is 38.8 Å². The van der Waals surface area contributed by atoms with Gasteiger partial charge in [0.25, 0.3) is 0 Å². The molecule has 0 bridgehead atoms. The summed E-state index contributed by atoms with van der Waals surface area (Å²) >= 11 is 0. The number of carbonyl (C=O) groups excluding carboxylic acids is 1. The first-order valence-electron chi connectivity index (χ1n) is 11.7. The van der Waals surface area contributed by atoms with Crippen LogP contribution in [0.1, 0.15) is 25.0 Å². The molecule has 0 spiro atoms. The van der Waals surface area contributed by atoms with Gasteiger partial charge in [-0.3, -0.25) is 14.7 Å². The summed E-state index contributed by atoms with van der Waals surface area (Å²) in [5, 5.41) is 17.4. The normalized spacial score (nSPS) is 23.2. The summed E-state index contributed by atoms with van der Waals surface area (Å²) in [6.07, 6.45) is -5.14. The number of alkyl halides is 6. The number of rotatable bonds is 6. The van der Waals surface area contributed by atoms with E-state index in [0.29, 0.717) is 24.2 Å². The molecule has 1 aromatic heterocycles. The highest BCUT2D eigenvalue weighted by Crippen LogP contribution is 2.36. The predicted molar refractivity (Wildman–Crippen MR) is 119 cm³/mol. The van der Waals surface area contributed by atoms with E-state index in [0.717, 1.165) is 51.0 Å². The molecule has 3 N–H and O–H groups in total. The Morgan fingerprint density at radius 1 is 1.00 bits per heavy atom. The number of nitrogens with zero attached hydrogens (tertiary/aromatic N) is 2. The van der Waals surface area contributed by atoms with Crippen molar-refractivity contribution in [1.29, 1.82) is 0 Å². The quantitative estimate of drug-likeness (QED) is 0.456. The number of fused-ring (bicyclic) bond motifs is 1. The second-order valence-electron chi connectivity index (χ2n) is 9.29. The number of aromatic nitrogens is 1. The van der Waals surface area contributed by atoms with Crippen LogP contribution in [0.3, 0.4) is 0 Å². The highest BCUT2D eigenvalue weighted by molar-refractivity contribution is 5.76. The second-order valence-corrected chi connectivity index (χ2v) is 9.29. The Kier molecular flexibility index (Phi) is 11.3. The van der Waals surface area contributed by atoms with Gasteiger partial charge in [0.05, 0.1) is 18.9 Å². The van der Waals surface area contributed by atoms with Crippen molar-refractivity contribution in [3.63, 3.8) is 0 Å². The number of aliphatic carboxylic acids is 2. The van der Waals surface area contributed by atoms with E-state index < -0.39 is 24.3 Å². The molecule has 2 aliphatic heterocycles. The van der Waals surface area contributed by atoms with E-state index in [1.165, 1.54) is 12.8 Å². The van der Waals surface area contributed by atoms with E-state index in [-0.39, 0.29) is 5.91 Å². The number of carboxylic acid groups (broad SMARTS) is 2. The fourth-order valence-corrected chi connectivity index (χ4v) is 4.14. The van der Waals surface area contributed by atoms with E-state index in [1.807, 2.05) is 18.3 Å². The summed E-state index contributed by atoms with van der Waals surface area (Å²) in [5.74, 6) is -3.07. The first kappa shape index (κ1) is 31.3. The molecule has 1 aliphatic carbocycles. The van der Waals surface area contributed by atoms with Crippen LogP contribution < -0.4 is 5.32 Å². The average molecular weight is 557 g/mol. The standard InChI is InChI=1S/C19H27N3O2.2C2HF3O2/c23-19(21-8-14-4-5-14)7-15-12-24-13-16-9-22(11-18(15)16)10-17-3-1-2-6-20-17;2*3-2(4,5)1(6)7/h1-3,6,14-16,18H,4-5,7-13H2,(H,21,23);2*(H,6,7)/t15-,16-,18+;;/m1../s1. The van der Waals surface area contributed by atoms with E-state index in [9.17, 15) is 31.1 Å². The largest absolute Gasteiger partial charge is 0.490 e. The van der Waals surface area contributed by atoms with Gasteiger partial charge in [-0.05, 0) is 48.6 Å². The van der Waals surface area contributed by atoms with Crippen LogP contribution in [0.15, 0.2) is 24.4 Å². The molecule has 0 radical (unpaired) electrons. The summed E-state index contributed by atoms with van der Waals surface area (Å²) in [4.78, 5) is 36.9. The van der Waals surface area contributed by atoms with Gasteiger partial charge in [0.2, 0.25) is 5.91 Å². The zero-order chi connectivity index (χ0) is 28.5. The summed E-state index contributed by atoms with van der Waals surface area (Å²) in [7, 11) is 0. The Bertz CT molecular complexity index is 902. The van der Waals surface area contributed by atoms with Gasteiger partial charge in [0.1, 0.15) is 0 Å². The number of pyridine rings is 1. The van der Waals surface area contributed by atoms with Gasteiger partial charge >= 0.3 is 24.3 Å². The molecular weight excluding hydrogens is 528 g/mol. The zero-order valence-corrected chi connectivity index (χ0v) is 20.2. The first-order chi connectivity index (χ1) is 17.7. The van der Waals surface area contributed by atoms with Gasteiger partial charge in [-0.15, -0.1) is 0 Å². The third kappa shape index (κ3) is 11.2. The summed E-state index contributed by atoms with van der Waals surface area (Å²) < 4.78 is 69.3. The van der Waals surface area contributed by atoms with Crippen molar-refractivity contribution >= 4 is 17.8 Å². The maximum Gasteiger partial charge on any atom is 0.490 e. The van der Waals surface area contributed by atoms with Crippen molar-refractivity contribution in [2.24, 2.45) is 23.7 Å². The molecular formula is C23H29F6N3O6. The highest BCUT2D eigenvalue weighted by atomic mass is 19.4. The predicted octanol–water partition coefficient (Wildman–Crippen LogP) is 2.96. The van der Waals surface area contributed by atoms with Crippen LogP contribution in [0, 0.1) is 23.7 Å². The molecule has 15 heteroatoms. The van der Waals surface area contributed by atoms with Crippen molar-refractivity contribution in [2.45, 2.75) is 38.2 Å². The summed E-state index contributed by atoms with van der Waals surface area (Å²) in [5.41, 5.74) is 1.12. The molecule has 3 atom stereocenters. The number of likely N-dealkylation sites (tertiary alicyclic amines) is 1. The topological polar surface area (TPSA) is 129 Å². The molecule has 1 aromatic rings. The fourth-order valence-electron chi connectivity index (χ4n) is 4.14. The van der Waals surface area contributed by atoms with Crippen LogP contribution in [-0.4, -0.2) is 83.1 Å². The summed E-state index contributed by atoms with van der Waals surface area (Å²) in [6, 6.07) is 6.08. The minimum Gasteiger partial charge on any atom is -0.475 e. The lowest BCUT2D eigenvalue weighted by atomic mass is 9.81. The SMILES string of the molecule is O=C(C[C@@H]1COC[C@H]2CN(Cc3ccccn3)C[C@@H]12)NCC1CC1.O=C(O)C(F)(F)F.O=C(O)C(F)(F)F. The molecule has 3 aliphatic rings. The number of carboxylic acids is 2. The number of ether oxygens (including phenoxy) is 1. The maximum atomic E-state index is 12.2. The molecule has 9 nitrogen and oxygen atoms in total. The monoisotopic (exact) mass is 557 g/mol. The Labute approximate surface area is 214 Å². The van der Waals surface area contributed by atoms with Crippen LogP contribution in [0.25, 0.3) is 0 Å². The highest BCUT2D eigenvalue weighted by Gasteiger charge is 2.42. The Morgan fingerprint density at radius 2 is 1.61 bits per heavy atom. The number of nitrogens with one attached hydrogen (secondary N) is 1. The molecule has 38 heavy (non-hydrogen) atoms. The van der Waals surface area contributed by atoms with Gasteiger partial charge in [-0.1, -0.05) is 6.07 Å². The summed E-state index contributed by atoms with van der Waals surface area (Å²) in [6.45, 7) is 5.45. The van der Waals surface area contributed by atoms with Crippen LogP contribution in [0.2, 0.25) is 0 Å². The lowest BCUT2D eigenvalue weighted by Gasteiger charge is -2.32. The number of carbonyl (C=O) groups is 3. The molecule has 214 valence electrons. The molecule has 0 aromatic carbocycles. The molecule has 0 unspecified atom stereocenters. The van der Waals surface area contributed by atoms with Gasteiger partial charge < -0.3 is 20.3 Å². The lowest BCUT2D eigenvalue weighted by molar-refractivity contribution is -0.193. The minimum atomic E-state index is -5.08. The smallest absolute Gasteiger partial charge is 0.475 e. The van der Waals surface area contributed by atoms with Crippen LogP contribution in [-0.2, 0) is 25.7 Å².